The number of nitro groups is 1. The molecule has 0 fully saturated rings. The smallest absolute Gasteiger partial charge is 0.269 e. The van der Waals surface area contributed by atoms with E-state index < -0.39 is 17.1 Å². The van der Waals surface area contributed by atoms with Crippen molar-refractivity contribution in [1.82, 2.24) is 4.57 Å². The Kier molecular flexibility index (Phi) is 6.71. The summed E-state index contributed by atoms with van der Waals surface area (Å²) < 4.78 is 1.82. The number of hydrogen-bond donors (Lipinski definition) is 2. The highest BCUT2D eigenvalue weighted by Gasteiger charge is 2.26. The average Bonchev–Trinajstić information content (AvgIpc) is 3.17. The molecule has 29 heavy (non-hydrogen) atoms. The molecule has 1 aromatic heterocycles. The van der Waals surface area contributed by atoms with E-state index in [-0.39, 0.29) is 12.3 Å². The number of aliphatic hydroxyl groups is 2. The zero-order valence-corrected chi connectivity index (χ0v) is 16.4. The van der Waals surface area contributed by atoms with Crippen LogP contribution in [-0.4, -0.2) is 32.9 Å². The fourth-order valence-corrected chi connectivity index (χ4v) is 4.02. The Hall–Kier alpha value is -3.07. The van der Waals surface area contributed by atoms with Gasteiger partial charge in [0.1, 0.15) is 6.10 Å². The van der Waals surface area contributed by atoms with Gasteiger partial charge in [0.25, 0.3) is 5.69 Å². The maximum absolute atomic E-state index is 11.0. The number of aliphatic hydroxyl groups excluding tert-OH is 2. The molecular formula is C21H21N3O4S. The molecule has 3 aromatic rings. The minimum Gasteiger partial charge on any atom is -0.394 e. The van der Waals surface area contributed by atoms with E-state index in [2.05, 4.69) is 11.6 Å². The lowest BCUT2D eigenvalue weighted by Crippen LogP contribution is -2.29. The highest BCUT2D eigenvalue weighted by Crippen LogP contribution is 2.31. The molecule has 0 amide bonds. The normalized spacial score (nSPS) is 13.8. The number of thiazole rings is 1. The van der Waals surface area contributed by atoms with Crippen molar-refractivity contribution in [3.05, 3.63) is 93.1 Å². The van der Waals surface area contributed by atoms with Crippen LogP contribution in [0.1, 0.15) is 17.7 Å². The van der Waals surface area contributed by atoms with E-state index >= 15 is 0 Å². The topological polar surface area (TPSA) is 101 Å². The van der Waals surface area contributed by atoms with Gasteiger partial charge >= 0.3 is 0 Å². The molecule has 0 radical (unpaired) electrons. The lowest BCUT2D eigenvalue weighted by Gasteiger charge is -2.25. The van der Waals surface area contributed by atoms with Crippen LogP contribution in [0.25, 0.3) is 11.3 Å². The summed E-state index contributed by atoms with van der Waals surface area (Å²) in [4.78, 5) is 15.5. The highest BCUT2D eigenvalue weighted by atomic mass is 32.1. The van der Waals surface area contributed by atoms with Gasteiger partial charge in [-0.15, -0.1) is 17.9 Å². The maximum atomic E-state index is 11.0. The third-order valence-corrected chi connectivity index (χ3v) is 5.37. The van der Waals surface area contributed by atoms with Crippen molar-refractivity contribution in [2.24, 2.45) is 4.99 Å². The van der Waals surface area contributed by atoms with Crippen molar-refractivity contribution >= 4 is 17.0 Å². The SMILES string of the molecule is C=CCN=c1scc(-c2ccccc2)n1[C@H](CO)[C@H](O)c1ccc([N+](=O)[O-])cc1. The third kappa shape index (κ3) is 4.51. The van der Waals surface area contributed by atoms with Crippen molar-refractivity contribution in [2.75, 3.05) is 13.2 Å². The van der Waals surface area contributed by atoms with Gasteiger partial charge in [-0.1, -0.05) is 36.4 Å². The Bertz CT molecular complexity index is 1040. The number of benzene rings is 2. The van der Waals surface area contributed by atoms with Crippen molar-refractivity contribution in [3.63, 3.8) is 0 Å². The van der Waals surface area contributed by atoms with E-state index in [9.17, 15) is 20.3 Å². The molecule has 0 bridgehead atoms. The fraction of sp³-hybridized carbons (Fsp3) is 0.190. The lowest BCUT2D eigenvalue weighted by atomic mass is 10.0. The second-order valence-corrected chi connectivity index (χ2v) is 7.15. The summed E-state index contributed by atoms with van der Waals surface area (Å²) in [6, 6.07) is 14.6. The van der Waals surface area contributed by atoms with Gasteiger partial charge in [0.15, 0.2) is 4.80 Å². The molecule has 0 unspecified atom stereocenters. The second-order valence-electron chi connectivity index (χ2n) is 6.31. The van der Waals surface area contributed by atoms with Gasteiger partial charge in [0.2, 0.25) is 0 Å². The highest BCUT2D eigenvalue weighted by molar-refractivity contribution is 7.07. The van der Waals surface area contributed by atoms with E-state index in [1.165, 1.54) is 35.6 Å². The summed E-state index contributed by atoms with van der Waals surface area (Å²) >= 11 is 1.41. The number of aromatic nitrogens is 1. The summed E-state index contributed by atoms with van der Waals surface area (Å²) in [7, 11) is 0. The number of nitrogens with zero attached hydrogens (tertiary/aromatic N) is 3. The Morgan fingerprint density at radius 2 is 1.90 bits per heavy atom. The van der Waals surface area contributed by atoms with E-state index in [1.807, 2.05) is 40.3 Å². The first-order chi connectivity index (χ1) is 14.1. The Labute approximate surface area is 171 Å². The van der Waals surface area contributed by atoms with Crippen LogP contribution >= 0.6 is 11.3 Å². The van der Waals surface area contributed by atoms with E-state index in [0.29, 0.717) is 16.9 Å². The van der Waals surface area contributed by atoms with E-state index in [0.717, 1.165) is 11.3 Å². The molecule has 1 heterocycles. The van der Waals surface area contributed by atoms with E-state index in [1.54, 1.807) is 6.08 Å². The first-order valence-corrected chi connectivity index (χ1v) is 9.85. The molecule has 0 aliphatic rings. The van der Waals surface area contributed by atoms with Crippen LogP contribution in [-0.2, 0) is 0 Å². The first kappa shape index (κ1) is 20.7. The molecule has 0 spiro atoms. The lowest BCUT2D eigenvalue weighted by molar-refractivity contribution is -0.384. The Balaban J connectivity index is 2.08. The maximum Gasteiger partial charge on any atom is 0.269 e. The molecule has 150 valence electrons. The molecule has 2 N–H and O–H groups in total. The minimum absolute atomic E-state index is 0.0590. The predicted molar refractivity (Wildman–Crippen MR) is 113 cm³/mol. The number of non-ortho nitro benzene ring substituents is 1. The van der Waals surface area contributed by atoms with Crippen LogP contribution in [0.2, 0.25) is 0 Å². The molecule has 2 aromatic carbocycles. The number of hydrogen-bond acceptors (Lipinski definition) is 6. The monoisotopic (exact) mass is 411 g/mol. The van der Waals surface area contributed by atoms with Gasteiger partial charge in [0, 0.05) is 17.5 Å². The fourth-order valence-electron chi connectivity index (χ4n) is 3.06. The van der Waals surface area contributed by atoms with Crippen LogP contribution < -0.4 is 4.80 Å². The van der Waals surface area contributed by atoms with Crippen molar-refractivity contribution in [2.45, 2.75) is 12.1 Å². The number of rotatable bonds is 8. The van der Waals surface area contributed by atoms with Gasteiger partial charge in [-0.2, -0.15) is 0 Å². The van der Waals surface area contributed by atoms with E-state index in [4.69, 9.17) is 0 Å². The van der Waals surface area contributed by atoms with Crippen LogP contribution in [0.3, 0.4) is 0 Å². The van der Waals surface area contributed by atoms with Crippen molar-refractivity contribution in [3.8, 4) is 11.3 Å². The number of nitro benzene ring substituents is 1. The molecule has 0 saturated heterocycles. The molecule has 7 nitrogen and oxygen atoms in total. The largest absolute Gasteiger partial charge is 0.394 e. The first-order valence-electron chi connectivity index (χ1n) is 8.97. The standard InChI is InChI=1S/C21H21N3O4S/c1-2-12-22-21-23(19(14-29-21)15-6-4-3-5-7-15)18(13-25)20(26)16-8-10-17(11-9-16)24(27)28/h2-11,14,18,20,25-26H,1,12-13H2/t18-,20-/m1/s1. The molecule has 8 heteroatoms. The molecule has 2 atom stereocenters. The van der Waals surface area contributed by atoms with Gasteiger partial charge in [-0.25, -0.2) is 0 Å². The molecule has 0 saturated carbocycles. The van der Waals surface area contributed by atoms with Crippen LogP contribution in [0.4, 0.5) is 5.69 Å². The summed E-state index contributed by atoms with van der Waals surface area (Å²) in [5, 5.41) is 34.0. The van der Waals surface area contributed by atoms with Crippen LogP contribution in [0.5, 0.6) is 0 Å². The zero-order valence-electron chi connectivity index (χ0n) is 15.6. The summed E-state index contributed by atoms with van der Waals surface area (Å²) in [5.41, 5.74) is 2.16. The Morgan fingerprint density at radius 3 is 2.48 bits per heavy atom. The molecule has 3 rings (SSSR count). The summed E-state index contributed by atoms with van der Waals surface area (Å²) in [6.07, 6.45) is 0.591. The third-order valence-electron chi connectivity index (χ3n) is 4.50. The van der Waals surface area contributed by atoms with Crippen LogP contribution in [0, 0.1) is 10.1 Å². The average molecular weight is 411 g/mol. The minimum atomic E-state index is -1.08. The molecule has 0 aliphatic carbocycles. The van der Waals surface area contributed by atoms with Gasteiger partial charge in [0.05, 0.1) is 29.8 Å². The van der Waals surface area contributed by atoms with Crippen molar-refractivity contribution < 1.29 is 15.1 Å². The summed E-state index contributed by atoms with van der Waals surface area (Å²) in [6.45, 7) is 3.75. The molecular weight excluding hydrogens is 390 g/mol. The van der Waals surface area contributed by atoms with Gasteiger partial charge < -0.3 is 14.8 Å². The quantitative estimate of drug-likeness (QED) is 0.337. The Morgan fingerprint density at radius 1 is 1.21 bits per heavy atom. The van der Waals surface area contributed by atoms with Gasteiger partial charge in [-0.3, -0.25) is 15.1 Å². The second kappa shape index (κ2) is 9.42. The molecule has 0 aliphatic heterocycles. The van der Waals surface area contributed by atoms with Crippen molar-refractivity contribution in [1.29, 1.82) is 0 Å². The predicted octanol–water partition coefficient (Wildman–Crippen LogP) is 3.48. The van der Waals surface area contributed by atoms with Gasteiger partial charge in [-0.05, 0) is 23.3 Å². The summed E-state index contributed by atoms with van der Waals surface area (Å²) in [5.74, 6) is 0. The zero-order chi connectivity index (χ0) is 20.8. The van der Waals surface area contributed by atoms with Crippen LogP contribution in [0.15, 0.2) is 77.6 Å².